The molecule has 1 aliphatic rings. The Morgan fingerprint density at radius 2 is 1.62 bits per heavy atom. The maximum absolute atomic E-state index is 12.9. The van der Waals surface area contributed by atoms with Crippen LogP contribution in [0.5, 0.6) is 0 Å². The van der Waals surface area contributed by atoms with Crippen LogP contribution < -0.4 is 0 Å². The second-order valence-corrected chi connectivity index (χ2v) is 8.14. The summed E-state index contributed by atoms with van der Waals surface area (Å²) in [6.07, 6.45) is 3.90. The van der Waals surface area contributed by atoms with Crippen molar-refractivity contribution in [3.05, 3.63) is 77.2 Å². The lowest BCUT2D eigenvalue weighted by Gasteiger charge is -2.27. The van der Waals surface area contributed by atoms with Gasteiger partial charge in [-0.3, -0.25) is 0 Å². The first-order valence-electron chi connectivity index (χ1n) is 8.35. The Kier molecular flexibility index (Phi) is 5.17. The predicted octanol–water partition coefficient (Wildman–Crippen LogP) is 4.29. The van der Waals surface area contributed by atoms with E-state index in [1.165, 1.54) is 5.41 Å². The number of rotatable bonds is 7. The van der Waals surface area contributed by atoms with Gasteiger partial charge in [-0.2, -0.15) is 4.31 Å². The zero-order valence-corrected chi connectivity index (χ0v) is 14.7. The van der Waals surface area contributed by atoms with Gasteiger partial charge in [0.2, 0.25) is 10.0 Å². The van der Waals surface area contributed by atoms with Gasteiger partial charge >= 0.3 is 0 Å². The average molecular weight is 341 g/mol. The van der Waals surface area contributed by atoms with Gasteiger partial charge in [-0.25, -0.2) is 8.42 Å². The summed E-state index contributed by atoms with van der Waals surface area (Å²) in [4.78, 5) is 0. The fraction of sp³-hybridized carbons (Fsp3) is 0.300. The van der Waals surface area contributed by atoms with Crippen LogP contribution in [0.4, 0.5) is 0 Å². The van der Waals surface area contributed by atoms with E-state index in [0.29, 0.717) is 12.5 Å². The van der Waals surface area contributed by atoms with Gasteiger partial charge < -0.3 is 0 Å². The van der Waals surface area contributed by atoms with Gasteiger partial charge in [-0.15, -0.1) is 0 Å². The molecule has 1 unspecified atom stereocenters. The minimum atomic E-state index is -3.47. The molecule has 24 heavy (non-hydrogen) atoms. The molecule has 2 aromatic carbocycles. The lowest BCUT2D eigenvalue weighted by molar-refractivity contribution is 0.307. The highest BCUT2D eigenvalue weighted by molar-refractivity contribution is 7.92. The molecule has 2 aromatic rings. The zero-order chi connectivity index (χ0) is 17.0. The SMILES string of the molecule is CC(C1CC1)N(Cc1ccccc1)S(=O)(=O)C=Cc1ccccc1. The second kappa shape index (κ2) is 7.32. The van der Waals surface area contributed by atoms with Crippen molar-refractivity contribution in [1.29, 1.82) is 0 Å². The van der Waals surface area contributed by atoms with Crippen LogP contribution in [0.15, 0.2) is 66.1 Å². The Labute approximate surface area is 144 Å². The molecular formula is C20H23NO2S. The largest absolute Gasteiger partial charge is 0.236 e. The predicted molar refractivity (Wildman–Crippen MR) is 98.6 cm³/mol. The van der Waals surface area contributed by atoms with E-state index in [1.54, 1.807) is 10.4 Å². The lowest BCUT2D eigenvalue weighted by Crippen LogP contribution is -2.38. The van der Waals surface area contributed by atoms with E-state index in [0.717, 1.165) is 24.0 Å². The molecule has 3 nitrogen and oxygen atoms in total. The summed E-state index contributed by atoms with van der Waals surface area (Å²) in [6, 6.07) is 19.3. The number of hydrogen-bond acceptors (Lipinski definition) is 2. The molecule has 0 bridgehead atoms. The molecule has 0 N–H and O–H groups in total. The zero-order valence-electron chi connectivity index (χ0n) is 13.9. The standard InChI is InChI=1S/C20H23NO2S/c1-17(20-12-13-20)21(16-19-10-6-3-7-11-19)24(22,23)15-14-18-8-4-2-5-9-18/h2-11,14-15,17,20H,12-13,16H2,1H3. The molecule has 126 valence electrons. The normalized spacial score (nSPS) is 16.6. The molecule has 0 radical (unpaired) electrons. The number of hydrogen-bond donors (Lipinski definition) is 0. The Balaban J connectivity index is 1.84. The summed E-state index contributed by atoms with van der Waals surface area (Å²) < 4.78 is 27.5. The van der Waals surface area contributed by atoms with E-state index in [-0.39, 0.29) is 6.04 Å². The van der Waals surface area contributed by atoms with Gasteiger partial charge in [-0.05, 0) is 42.9 Å². The molecule has 0 spiro atoms. The van der Waals surface area contributed by atoms with E-state index in [2.05, 4.69) is 0 Å². The molecular weight excluding hydrogens is 318 g/mol. The summed E-state index contributed by atoms with van der Waals surface area (Å²) in [5.41, 5.74) is 1.90. The van der Waals surface area contributed by atoms with Crippen molar-refractivity contribution in [3.63, 3.8) is 0 Å². The van der Waals surface area contributed by atoms with Gasteiger partial charge in [0.05, 0.1) is 0 Å². The molecule has 0 aliphatic heterocycles. The molecule has 1 aliphatic carbocycles. The molecule has 0 heterocycles. The van der Waals surface area contributed by atoms with Crippen molar-refractivity contribution < 1.29 is 8.42 Å². The maximum Gasteiger partial charge on any atom is 0.236 e. The third kappa shape index (κ3) is 4.34. The van der Waals surface area contributed by atoms with Crippen LogP contribution in [-0.2, 0) is 16.6 Å². The van der Waals surface area contributed by atoms with Gasteiger partial charge in [0.25, 0.3) is 0 Å². The van der Waals surface area contributed by atoms with Crippen molar-refractivity contribution in [2.45, 2.75) is 32.4 Å². The van der Waals surface area contributed by atoms with Crippen LogP contribution in [-0.4, -0.2) is 18.8 Å². The Morgan fingerprint density at radius 1 is 1.04 bits per heavy atom. The van der Waals surface area contributed by atoms with Crippen molar-refractivity contribution >= 4 is 16.1 Å². The Hall–Kier alpha value is -1.91. The van der Waals surface area contributed by atoms with Crippen molar-refractivity contribution in [3.8, 4) is 0 Å². The Morgan fingerprint density at radius 3 is 2.21 bits per heavy atom. The number of nitrogens with zero attached hydrogens (tertiary/aromatic N) is 1. The van der Waals surface area contributed by atoms with Gasteiger partial charge in [0.15, 0.2) is 0 Å². The molecule has 0 saturated heterocycles. The van der Waals surface area contributed by atoms with E-state index in [1.807, 2.05) is 67.6 Å². The molecule has 1 atom stereocenters. The van der Waals surface area contributed by atoms with E-state index < -0.39 is 10.0 Å². The summed E-state index contributed by atoms with van der Waals surface area (Å²) in [5, 5.41) is 1.34. The lowest BCUT2D eigenvalue weighted by atomic mass is 10.2. The van der Waals surface area contributed by atoms with Crippen LogP contribution in [0.1, 0.15) is 30.9 Å². The van der Waals surface area contributed by atoms with Crippen LogP contribution in [0.2, 0.25) is 0 Å². The molecule has 0 amide bonds. The molecule has 1 fully saturated rings. The van der Waals surface area contributed by atoms with Crippen LogP contribution in [0, 0.1) is 5.92 Å². The number of benzene rings is 2. The Bertz CT molecular complexity index is 781. The topological polar surface area (TPSA) is 37.4 Å². The monoisotopic (exact) mass is 341 g/mol. The van der Waals surface area contributed by atoms with Crippen LogP contribution in [0.3, 0.4) is 0 Å². The highest BCUT2D eigenvalue weighted by Gasteiger charge is 2.36. The molecule has 3 rings (SSSR count). The molecule has 0 aromatic heterocycles. The second-order valence-electron chi connectivity index (χ2n) is 6.37. The minimum Gasteiger partial charge on any atom is -0.207 e. The maximum atomic E-state index is 12.9. The van der Waals surface area contributed by atoms with Crippen molar-refractivity contribution in [2.24, 2.45) is 5.92 Å². The summed E-state index contributed by atoms with van der Waals surface area (Å²) in [7, 11) is -3.47. The van der Waals surface area contributed by atoms with Gasteiger partial charge in [0, 0.05) is 18.0 Å². The van der Waals surface area contributed by atoms with Crippen molar-refractivity contribution in [1.82, 2.24) is 4.31 Å². The smallest absolute Gasteiger partial charge is 0.207 e. The van der Waals surface area contributed by atoms with E-state index >= 15 is 0 Å². The van der Waals surface area contributed by atoms with Crippen molar-refractivity contribution in [2.75, 3.05) is 0 Å². The van der Waals surface area contributed by atoms with Gasteiger partial charge in [0.1, 0.15) is 0 Å². The third-order valence-corrected chi connectivity index (χ3v) is 6.09. The summed E-state index contributed by atoms with van der Waals surface area (Å²) in [6.45, 7) is 2.44. The minimum absolute atomic E-state index is 0.0237. The fourth-order valence-electron chi connectivity index (χ4n) is 2.85. The van der Waals surface area contributed by atoms with Crippen LogP contribution in [0.25, 0.3) is 6.08 Å². The highest BCUT2D eigenvalue weighted by atomic mass is 32.2. The highest BCUT2D eigenvalue weighted by Crippen LogP contribution is 2.37. The average Bonchev–Trinajstić information content (AvgIpc) is 3.44. The fourth-order valence-corrected chi connectivity index (χ4v) is 4.30. The first kappa shape index (κ1) is 16.9. The number of sulfonamides is 1. The van der Waals surface area contributed by atoms with E-state index in [4.69, 9.17) is 0 Å². The van der Waals surface area contributed by atoms with Crippen LogP contribution >= 0.6 is 0 Å². The van der Waals surface area contributed by atoms with Gasteiger partial charge in [-0.1, -0.05) is 60.7 Å². The summed E-state index contributed by atoms with van der Waals surface area (Å²) >= 11 is 0. The quantitative estimate of drug-likeness (QED) is 0.753. The summed E-state index contributed by atoms with van der Waals surface area (Å²) in [5.74, 6) is 0.480. The van der Waals surface area contributed by atoms with E-state index in [9.17, 15) is 8.42 Å². The first-order chi connectivity index (χ1) is 11.6. The first-order valence-corrected chi connectivity index (χ1v) is 9.85. The third-order valence-electron chi connectivity index (χ3n) is 4.50. The molecule has 4 heteroatoms. The molecule has 1 saturated carbocycles.